The van der Waals surface area contributed by atoms with Crippen molar-refractivity contribution in [2.45, 2.75) is 88.6 Å². The van der Waals surface area contributed by atoms with E-state index in [2.05, 4.69) is 36.9 Å². The van der Waals surface area contributed by atoms with Crippen molar-refractivity contribution in [3.05, 3.63) is 0 Å². The third kappa shape index (κ3) is 21.8. The highest BCUT2D eigenvalue weighted by Crippen LogP contribution is 2.13. The minimum atomic E-state index is -5.08. The van der Waals surface area contributed by atoms with Crippen LogP contribution in [0, 0.1) is 0 Å². The average Bonchev–Trinajstić information content (AvgIpc) is 3.04. The molecule has 0 radical (unpaired) electrons. The summed E-state index contributed by atoms with van der Waals surface area (Å²) in [6, 6.07) is -4.01. The highest BCUT2D eigenvalue weighted by atomic mass is 19.4. The monoisotopic (exact) mass is 741 g/mol. The second-order valence-corrected chi connectivity index (χ2v) is 11.1. The molecule has 1 rings (SSSR count). The summed E-state index contributed by atoms with van der Waals surface area (Å²) >= 11 is 0. The maximum Gasteiger partial charge on any atom is 0.490 e. The normalized spacial score (nSPS) is 22.3. The van der Waals surface area contributed by atoms with Gasteiger partial charge in [-0.2, -0.15) is 13.2 Å². The summed E-state index contributed by atoms with van der Waals surface area (Å²) in [6.07, 6.45) is -2.34. The number of aliphatic imine (C=N–C) groups is 1. The summed E-state index contributed by atoms with van der Waals surface area (Å²) in [7, 11) is 0. The molecule has 1 saturated heterocycles. The Balaban J connectivity index is 0.00000321. The van der Waals surface area contributed by atoms with Crippen LogP contribution in [-0.4, -0.2) is 122 Å². The smallest absolute Gasteiger partial charge is 0.475 e. The first-order chi connectivity index (χ1) is 23.9. The van der Waals surface area contributed by atoms with E-state index in [1.807, 2.05) is 0 Å². The third-order valence-corrected chi connectivity index (χ3v) is 6.76. The molecule has 0 aliphatic carbocycles. The number of nitrogens with one attached hydrogen (secondary N) is 6. The molecule has 0 aromatic rings. The minimum absolute atomic E-state index is 0.0282. The molecular formula is C28H50F3N11O9. The molecule has 0 spiro atoms. The van der Waals surface area contributed by atoms with Crippen LogP contribution in [0.5, 0.6) is 0 Å². The van der Waals surface area contributed by atoms with Gasteiger partial charge in [0.15, 0.2) is 5.96 Å². The van der Waals surface area contributed by atoms with Crippen LogP contribution in [0.15, 0.2) is 4.99 Å². The van der Waals surface area contributed by atoms with E-state index in [9.17, 15) is 41.9 Å². The second-order valence-electron chi connectivity index (χ2n) is 11.1. The Labute approximate surface area is 292 Å². The maximum atomic E-state index is 13.3. The van der Waals surface area contributed by atoms with E-state index in [4.69, 9.17) is 37.6 Å². The predicted octanol–water partition coefficient (Wildman–Crippen LogP) is -3.89. The SMILES string of the molecule is C[C@@H]1NC(=O)CCNC(=O)CNC(=O)[C@H](N=C(N)N)CCOCNC(=O)[C@H](CCCCN)NC(=O)[C@H](CCCCN)NC1=O.O=C(O)C(F)(F)F. The molecule has 6 amide bonds. The van der Waals surface area contributed by atoms with Gasteiger partial charge in [-0.15, -0.1) is 0 Å². The van der Waals surface area contributed by atoms with Crippen LogP contribution >= 0.6 is 0 Å². The Hall–Kier alpha value is -4.77. The molecule has 15 N–H and O–H groups in total. The number of carbonyl (C=O) groups excluding carboxylic acids is 6. The summed E-state index contributed by atoms with van der Waals surface area (Å²) in [6.45, 7) is 1.52. The summed E-state index contributed by atoms with van der Waals surface area (Å²) in [4.78, 5) is 89.0. The van der Waals surface area contributed by atoms with Crippen LogP contribution in [0.3, 0.4) is 0 Å². The van der Waals surface area contributed by atoms with Gasteiger partial charge in [-0.05, 0) is 58.5 Å². The fourth-order valence-electron chi connectivity index (χ4n) is 4.08. The van der Waals surface area contributed by atoms with Crippen molar-refractivity contribution in [3.8, 4) is 0 Å². The molecule has 23 heteroatoms. The number of carbonyl (C=O) groups is 7. The molecule has 1 fully saturated rings. The summed E-state index contributed by atoms with van der Waals surface area (Å²) in [5.74, 6) is -6.53. The Bertz CT molecular complexity index is 1190. The molecule has 1 aliphatic rings. The maximum absolute atomic E-state index is 13.3. The molecule has 0 bridgehead atoms. The van der Waals surface area contributed by atoms with Crippen molar-refractivity contribution in [2.24, 2.45) is 27.9 Å². The summed E-state index contributed by atoms with van der Waals surface area (Å²) in [5.41, 5.74) is 22.1. The number of carboxylic acids is 1. The lowest BCUT2D eigenvalue weighted by molar-refractivity contribution is -0.192. The molecule has 4 atom stereocenters. The zero-order valence-corrected chi connectivity index (χ0v) is 28.3. The van der Waals surface area contributed by atoms with Gasteiger partial charge in [0, 0.05) is 19.4 Å². The molecule has 51 heavy (non-hydrogen) atoms. The first-order valence-corrected chi connectivity index (χ1v) is 16.0. The highest BCUT2D eigenvalue weighted by Gasteiger charge is 2.38. The van der Waals surface area contributed by atoms with E-state index in [-0.39, 0.29) is 51.5 Å². The summed E-state index contributed by atoms with van der Waals surface area (Å²) in [5, 5.41) is 22.5. The second kappa shape index (κ2) is 25.2. The lowest BCUT2D eigenvalue weighted by atomic mass is 10.0. The van der Waals surface area contributed by atoms with Gasteiger partial charge in [0.25, 0.3) is 0 Å². The Kier molecular flexibility index (Phi) is 22.9. The zero-order valence-electron chi connectivity index (χ0n) is 28.3. The molecule has 0 aromatic heterocycles. The van der Waals surface area contributed by atoms with Gasteiger partial charge in [0.2, 0.25) is 35.4 Å². The summed E-state index contributed by atoms with van der Waals surface area (Å²) < 4.78 is 37.2. The van der Waals surface area contributed by atoms with Gasteiger partial charge in [-0.3, -0.25) is 28.8 Å². The molecule has 292 valence electrons. The number of nitrogens with two attached hydrogens (primary N) is 4. The fourth-order valence-corrected chi connectivity index (χ4v) is 4.08. The Morgan fingerprint density at radius 3 is 1.90 bits per heavy atom. The molecule has 0 unspecified atom stereocenters. The van der Waals surface area contributed by atoms with Crippen LogP contribution in [-0.2, 0) is 38.3 Å². The van der Waals surface area contributed by atoms with Crippen molar-refractivity contribution in [1.82, 2.24) is 31.9 Å². The van der Waals surface area contributed by atoms with Crippen LogP contribution < -0.4 is 54.8 Å². The quantitative estimate of drug-likeness (QED) is 0.0613. The van der Waals surface area contributed by atoms with Gasteiger partial charge < -0.3 is 64.7 Å². The van der Waals surface area contributed by atoms with E-state index in [0.717, 1.165) is 0 Å². The topological polar surface area (TPSA) is 338 Å². The van der Waals surface area contributed by atoms with Crippen molar-refractivity contribution < 1.29 is 56.6 Å². The third-order valence-electron chi connectivity index (χ3n) is 6.76. The minimum Gasteiger partial charge on any atom is -0.475 e. The Morgan fingerprint density at radius 1 is 0.824 bits per heavy atom. The highest BCUT2D eigenvalue weighted by molar-refractivity contribution is 5.94. The van der Waals surface area contributed by atoms with Gasteiger partial charge in [-0.25, -0.2) is 9.79 Å². The molecule has 1 aliphatic heterocycles. The van der Waals surface area contributed by atoms with Crippen molar-refractivity contribution >= 4 is 47.4 Å². The largest absolute Gasteiger partial charge is 0.490 e. The van der Waals surface area contributed by atoms with Gasteiger partial charge in [-0.1, -0.05) is 0 Å². The van der Waals surface area contributed by atoms with Gasteiger partial charge in [0.1, 0.15) is 30.9 Å². The van der Waals surface area contributed by atoms with Crippen LogP contribution in [0.1, 0.15) is 58.3 Å². The van der Waals surface area contributed by atoms with E-state index < -0.39 is 78.3 Å². The lowest BCUT2D eigenvalue weighted by Gasteiger charge is -2.24. The number of unbranched alkanes of at least 4 members (excludes halogenated alkanes) is 2. The zero-order chi connectivity index (χ0) is 39.0. The van der Waals surface area contributed by atoms with E-state index in [0.29, 0.717) is 38.8 Å². The number of guanidine groups is 1. The molecule has 0 aromatic carbocycles. The number of amides is 6. The van der Waals surface area contributed by atoms with Crippen LogP contribution in [0.4, 0.5) is 13.2 Å². The lowest BCUT2D eigenvalue weighted by Crippen LogP contribution is -2.56. The predicted molar refractivity (Wildman–Crippen MR) is 175 cm³/mol. The van der Waals surface area contributed by atoms with E-state index >= 15 is 0 Å². The van der Waals surface area contributed by atoms with Crippen molar-refractivity contribution in [1.29, 1.82) is 0 Å². The number of hydrogen-bond acceptors (Lipinski definition) is 11. The van der Waals surface area contributed by atoms with Gasteiger partial charge in [0.05, 0.1) is 13.2 Å². The number of rotatable bonds is 9. The number of hydrogen-bond donors (Lipinski definition) is 11. The van der Waals surface area contributed by atoms with Crippen LogP contribution in [0.2, 0.25) is 0 Å². The van der Waals surface area contributed by atoms with E-state index in [1.165, 1.54) is 6.92 Å². The average molecular weight is 742 g/mol. The van der Waals surface area contributed by atoms with Crippen molar-refractivity contribution in [2.75, 3.05) is 39.5 Å². The first-order valence-electron chi connectivity index (χ1n) is 16.0. The number of alkyl halides is 3. The van der Waals surface area contributed by atoms with E-state index in [1.54, 1.807) is 0 Å². The number of carboxylic acid groups (broad SMARTS) is 1. The number of nitrogens with zero attached hydrogens (tertiary/aromatic N) is 1. The number of aliphatic carboxylic acids is 1. The standard InChI is InChI=1S/C26H49N11O7.C2HF3O2/c1-16-22(40)35-18(7-3-5-11-28)25(43)36-17(6-2-4-10-27)24(42)33-15-44-13-9-19(37-26(29)30)23(41)32-14-21(39)31-12-8-20(38)34-16;3-2(4,5)1(6)7/h16-19H,2-15,27-28H2,1H3,(H,31,39)(H,32,41)(H,33,42)(H,34,38)(H,35,40)(H,36,43)(H4,29,30,37);(H,6,7)/t16-,17-,18-,19+;/m0./s1. The molecule has 0 saturated carbocycles. The van der Waals surface area contributed by atoms with Crippen LogP contribution in [0.25, 0.3) is 0 Å². The van der Waals surface area contributed by atoms with Gasteiger partial charge >= 0.3 is 12.1 Å². The molecule has 20 nitrogen and oxygen atoms in total. The number of ether oxygens (including phenoxy) is 1. The van der Waals surface area contributed by atoms with Crippen molar-refractivity contribution in [3.63, 3.8) is 0 Å². The fraction of sp³-hybridized carbons (Fsp3) is 0.714. The first kappa shape index (κ1) is 46.2. The Morgan fingerprint density at radius 2 is 1.37 bits per heavy atom. The number of halogens is 3. The molecular weight excluding hydrogens is 691 g/mol. The molecule has 1 heterocycles.